The predicted molar refractivity (Wildman–Crippen MR) is 109 cm³/mol. The zero-order valence-electron chi connectivity index (χ0n) is 16.6. The van der Waals surface area contributed by atoms with Crippen LogP contribution in [-0.4, -0.2) is 31.9 Å². The lowest BCUT2D eigenvalue weighted by atomic mass is 9.95. The summed E-state index contributed by atoms with van der Waals surface area (Å²) in [4.78, 5) is 25.0. The van der Waals surface area contributed by atoms with Gasteiger partial charge < -0.3 is 30.2 Å². The molecule has 156 valence electrons. The van der Waals surface area contributed by atoms with E-state index in [0.29, 0.717) is 30.1 Å². The predicted octanol–water partition coefficient (Wildman–Crippen LogP) is 2.38. The van der Waals surface area contributed by atoms with Crippen LogP contribution in [0.4, 0.5) is 4.79 Å². The summed E-state index contributed by atoms with van der Waals surface area (Å²) >= 11 is 0. The molecule has 0 saturated heterocycles. The van der Waals surface area contributed by atoms with Crippen LogP contribution in [-0.2, 0) is 16.1 Å². The SMILES string of the molecule is CCOC(=O)C1=C(CNCc2ccc3c(c2)OCO3)NC(=O)NC1c1ccccc1. The molecule has 8 heteroatoms. The lowest BCUT2D eigenvalue weighted by Gasteiger charge is -2.29. The van der Waals surface area contributed by atoms with Gasteiger partial charge in [0.1, 0.15) is 0 Å². The minimum absolute atomic E-state index is 0.224. The van der Waals surface area contributed by atoms with Crippen LogP contribution in [0.5, 0.6) is 11.5 Å². The van der Waals surface area contributed by atoms with E-state index in [-0.39, 0.29) is 19.4 Å². The van der Waals surface area contributed by atoms with E-state index in [1.165, 1.54) is 0 Å². The Morgan fingerprint density at radius 2 is 1.93 bits per heavy atom. The summed E-state index contributed by atoms with van der Waals surface area (Å²) in [5, 5.41) is 8.85. The lowest BCUT2D eigenvalue weighted by Crippen LogP contribution is -2.48. The van der Waals surface area contributed by atoms with E-state index < -0.39 is 12.0 Å². The van der Waals surface area contributed by atoms with Crippen LogP contribution in [0, 0.1) is 0 Å². The van der Waals surface area contributed by atoms with Crippen molar-refractivity contribution in [2.45, 2.75) is 19.5 Å². The van der Waals surface area contributed by atoms with Gasteiger partial charge in [0.25, 0.3) is 0 Å². The maximum absolute atomic E-state index is 12.7. The van der Waals surface area contributed by atoms with Crippen molar-refractivity contribution < 1.29 is 23.8 Å². The Balaban J connectivity index is 1.55. The number of carbonyl (C=O) groups is 2. The van der Waals surface area contributed by atoms with Gasteiger partial charge in [-0.3, -0.25) is 0 Å². The monoisotopic (exact) mass is 409 g/mol. The molecule has 0 aromatic heterocycles. The van der Waals surface area contributed by atoms with Crippen LogP contribution in [0.25, 0.3) is 0 Å². The zero-order chi connectivity index (χ0) is 20.9. The maximum atomic E-state index is 12.7. The van der Waals surface area contributed by atoms with Crippen LogP contribution in [0.2, 0.25) is 0 Å². The number of urea groups is 1. The molecule has 8 nitrogen and oxygen atoms in total. The van der Waals surface area contributed by atoms with Crippen LogP contribution in [0.3, 0.4) is 0 Å². The molecule has 1 atom stereocenters. The number of benzene rings is 2. The number of hydrogen-bond donors (Lipinski definition) is 3. The van der Waals surface area contributed by atoms with Crippen molar-refractivity contribution in [1.82, 2.24) is 16.0 Å². The molecule has 2 heterocycles. The molecule has 0 fully saturated rings. The quantitative estimate of drug-likeness (QED) is 0.608. The summed E-state index contributed by atoms with van der Waals surface area (Å²) in [6.45, 7) is 3.04. The van der Waals surface area contributed by atoms with Gasteiger partial charge in [-0.1, -0.05) is 36.4 Å². The molecule has 3 N–H and O–H groups in total. The van der Waals surface area contributed by atoms with Crippen LogP contribution in [0.15, 0.2) is 59.8 Å². The molecule has 2 aromatic carbocycles. The molecular formula is C22H23N3O5. The number of fused-ring (bicyclic) bond motifs is 1. The Bertz CT molecular complexity index is 974. The highest BCUT2D eigenvalue weighted by Crippen LogP contribution is 2.32. The minimum Gasteiger partial charge on any atom is -0.463 e. The van der Waals surface area contributed by atoms with Gasteiger partial charge in [-0.25, -0.2) is 9.59 Å². The molecular weight excluding hydrogens is 386 g/mol. The fourth-order valence-corrected chi connectivity index (χ4v) is 3.49. The summed E-state index contributed by atoms with van der Waals surface area (Å²) in [5.74, 6) is 0.973. The van der Waals surface area contributed by atoms with Gasteiger partial charge in [0.15, 0.2) is 11.5 Å². The number of nitrogens with one attached hydrogen (secondary N) is 3. The standard InChI is InChI=1S/C22H23N3O5/c1-2-28-21(26)19-16(24-22(27)25-20(19)15-6-4-3-5-7-15)12-23-11-14-8-9-17-18(10-14)30-13-29-17/h3-10,20,23H,2,11-13H2,1H3,(H2,24,25,27). The molecule has 2 aromatic rings. The summed E-state index contributed by atoms with van der Waals surface area (Å²) in [6.07, 6.45) is 0. The third-order valence-electron chi connectivity index (χ3n) is 4.85. The molecule has 0 radical (unpaired) electrons. The summed E-state index contributed by atoms with van der Waals surface area (Å²) < 4.78 is 16.0. The highest BCUT2D eigenvalue weighted by Gasteiger charge is 2.33. The molecule has 4 rings (SSSR count). The second-order valence-corrected chi connectivity index (χ2v) is 6.85. The second-order valence-electron chi connectivity index (χ2n) is 6.85. The third-order valence-corrected chi connectivity index (χ3v) is 4.85. The van der Waals surface area contributed by atoms with Crippen LogP contribution in [0.1, 0.15) is 24.1 Å². The molecule has 0 aliphatic carbocycles. The van der Waals surface area contributed by atoms with Gasteiger partial charge in [-0.2, -0.15) is 0 Å². The van der Waals surface area contributed by atoms with Gasteiger partial charge in [-0.15, -0.1) is 0 Å². The average molecular weight is 409 g/mol. The number of hydrogen-bond acceptors (Lipinski definition) is 6. The smallest absolute Gasteiger partial charge is 0.338 e. The number of esters is 1. The molecule has 0 spiro atoms. The van der Waals surface area contributed by atoms with Crippen molar-refractivity contribution in [3.8, 4) is 11.5 Å². The Labute approximate surface area is 174 Å². The molecule has 0 saturated carbocycles. The van der Waals surface area contributed by atoms with Gasteiger partial charge in [0.05, 0.1) is 18.2 Å². The van der Waals surface area contributed by atoms with Crippen molar-refractivity contribution in [2.24, 2.45) is 0 Å². The summed E-state index contributed by atoms with van der Waals surface area (Å²) in [5.41, 5.74) is 2.69. The first-order chi connectivity index (χ1) is 14.7. The Hall–Kier alpha value is -3.52. The number of ether oxygens (including phenoxy) is 3. The van der Waals surface area contributed by atoms with Crippen molar-refractivity contribution in [3.63, 3.8) is 0 Å². The highest BCUT2D eigenvalue weighted by atomic mass is 16.7. The van der Waals surface area contributed by atoms with E-state index in [2.05, 4.69) is 16.0 Å². The van der Waals surface area contributed by atoms with Crippen molar-refractivity contribution >= 4 is 12.0 Å². The van der Waals surface area contributed by atoms with Crippen molar-refractivity contribution in [1.29, 1.82) is 0 Å². The zero-order valence-corrected chi connectivity index (χ0v) is 16.6. The second kappa shape index (κ2) is 8.87. The average Bonchev–Trinajstić information content (AvgIpc) is 3.22. The van der Waals surface area contributed by atoms with Gasteiger partial charge in [0.2, 0.25) is 6.79 Å². The first kappa shape index (κ1) is 19.8. The first-order valence-electron chi connectivity index (χ1n) is 9.77. The fraction of sp³-hybridized carbons (Fsp3) is 0.273. The Kier molecular flexibility index (Phi) is 5.85. The van der Waals surface area contributed by atoms with E-state index in [0.717, 1.165) is 16.9 Å². The summed E-state index contributed by atoms with van der Waals surface area (Å²) in [7, 11) is 0. The number of carbonyl (C=O) groups excluding carboxylic acids is 2. The van der Waals surface area contributed by atoms with E-state index in [4.69, 9.17) is 14.2 Å². The lowest BCUT2D eigenvalue weighted by molar-refractivity contribution is -0.139. The summed E-state index contributed by atoms with van der Waals surface area (Å²) in [6, 6.07) is 14.1. The van der Waals surface area contributed by atoms with E-state index in [1.54, 1.807) is 6.92 Å². The van der Waals surface area contributed by atoms with E-state index >= 15 is 0 Å². The van der Waals surface area contributed by atoms with Gasteiger partial charge in [0, 0.05) is 18.8 Å². The number of rotatable bonds is 7. The Morgan fingerprint density at radius 3 is 2.73 bits per heavy atom. The minimum atomic E-state index is -0.582. The molecule has 0 bridgehead atoms. The molecule has 2 aliphatic rings. The van der Waals surface area contributed by atoms with Crippen molar-refractivity contribution in [3.05, 3.63) is 70.9 Å². The largest absolute Gasteiger partial charge is 0.463 e. The first-order valence-corrected chi connectivity index (χ1v) is 9.77. The van der Waals surface area contributed by atoms with Crippen LogP contribution < -0.4 is 25.4 Å². The highest BCUT2D eigenvalue weighted by molar-refractivity contribution is 5.95. The van der Waals surface area contributed by atoms with Gasteiger partial charge in [-0.05, 0) is 30.2 Å². The molecule has 30 heavy (non-hydrogen) atoms. The Morgan fingerprint density at radius 1 is 1.13 bits per heavy atom. The van der Waals surface area contributed by atoms with Crippen molar-refractivity contribution in [2.75, 3.05) is 19.9 Å². The topological polar surface area (TPSA) is 97.9 Å². The third kappa shape index (κ3) is 4.23. The van der Waals surface area contributed by atoms with E-state index in [1.807, 2.05) is 48.5 Å². The normalized spacial score (nSPS) is 17.4. The fourth-order valence-electron chi connectivity index (χ4n) is 3.49. The van der Waals surface area contributed by atoms with Crippen LogP contribution >= 0.6 is 0 Å². The van der Waals surface area contributed by atoms with E-state index in [9.17, 15) is 9.59 Å². The van der Waals surface area contributed by atoms with Gasteiger partial charge >= 0.3 is 12.0 Å². The molecule has 1 unspecified atom stereocenters. The molecule has 2 amide bonds. The molecule has 2 aliphatic heterocycles. The maximum Gasteiger partial charge on any atom is 0.338 e. The number of amides is 2.